The van der Waals surface area contributed by atoms with Crippen molar-refractivity contribution in [3.05, 3.63) is 23.8 Å². The van der Waals surface area contributed by atoms with Crippen molar-refractivity contribution in [3.63, 3.8) is 0 Å². The highest BCUT2D eigenvalue weighted by Crippen LogP contribution is 2.27. The van der Waals surface area contributed by atoms with Crippen LogP contribution in [0.3, 0.4) is 0 Å². The van der Waals surface area contributed by atoms with Gasteiger partial charge in [0.2, 0.25) is 5.91 Å². The van der Waals surface area contributed by atoms with Gasteiger partial charge >= 0.3 is 11.9 Å². The van der Waals surface area contributed by atoms with Gasteiger partial charge in [-0.15, -0.1) is 0 Å². The fourth-order valence-electron chi connectivity index (χ4n) is 3.34. The lowest BCUT2D eigenvalue weighted by atomic mass is 9.86. The van der Waals surface area contributed by atoms with E-state index in [-0.39, 0.29) is 67.9 Å². The first-order valence-corrected chi connectivity index (χ1v) is 12.7. The monoisotopic (exact) mass is 539 g/mol. The number of hydrogen-bond acceptors (Lipinski definition) is 11. The molecular weight excluding hydrogens is 506 g/mol. The molecule has 2 amide bonds. The maximum Gasteiger partial charge on any atom is 0.323 e. The molecule has 12 nitrogen and oxygen atoms in total. The first-order valence-electron chi connectivity index (χ1n) is 11.7. The molecule has 2 rings (SSSR count). The third kappa shape index (κ3) is 9.92. The minimum atomic E-state index is -1.38. The fourth-order valence-corrected chi connectivity index (χ4v) is 4.02. The Morgan fingerprint density at radius 3 is 2.57 bits per heavy atom. The Morgan fingerprint density at radius 2 is 1.86 bits per heavy atom. The number of carbonyl (C=O) groups is 5. The number of aromatic hydroxyl groups is 2. The number of ether oxygens (including phenoxy) is 2. The molecule has 1 heterocycles. The van der Waals surface area contributed by atoms with Crippen molar-refractivity contribution >= 4 is 40.6 Å². The topological polar surface area (TPSA) is 194 Å². The van der Waals surface area contributed by atoms with Gasteiger partial charge in [0, 0.05) is 37.1 Å². The van der Waals surface area contributed by atoms with Crippen LogP contribution in [0.1, 0.15) is 38.7 Å². The lowest BCUT2D eigenvalue weighted by Crippen LogP contribution is -2.50. The number of phenolic OH excluding ortho intramolecular Hbond substituents is 2. The van der Waals surface area contributed by atoms with Gasteiger partial charge in [-0.2, -0.15) is 0 Å². The van der Waals surface area contributed by atoms with Gasteiger partial charge in [0.1, 0.15) is 12.6 Å². The maximum absolute atomic E-state index is 12.9. The predicted octanol–water partition coefficient (Wildman–Crippen LogP) is 0.125. The van der Waals surface area contributed by atoms with Crippen molar-refractivity contribution in [3.8, 4) is 11.5 Å². The molecule has 0 saturated carbocycles. The fraction of sp³-hybridized carbons (Fsp3) is 0.542. The van der Waals surface area contributed by atoms with Crippen LogP contribution in [0, 0.1) is 5.41 Å². The first kappa shape index (κ1) is 29.9. The Hall–Kier alpha value is -3.32. The lowest BCUT2D eigenvalue weighted by molar-refractivity contribution is -0.169. The Morgan fingerprint density at radius 1 is 1.14 bits per heavy atom. The summed E-state index contributed by atoms with van der Waals surface area (Å²) in [5, 5.41) is 24.0. The SMILES string of the molecule is CC(C)(COC(=O)[C@@H](N)Cc1ccc(O)c(O)c1)[C@H]1OC(=O)CCC(=O)SCCNC(=O)CCNC1=O. The van der Waals surface area contributed by atoms with E-state index in [4.69, 9.17) is 15.2 Å². The second-order valence-corrected chi connectivity index (χ2v) is 10.4. The Labute approximate surface area is 218 Å². The Balaban J connectivity index is 2.06. The van der Waals surface area contributed by atoms with Gasteiger partial charge in [-0.25, -0.2) is 0 Å². The Bertz CT molecular complexity index is 1020. The van der Waals surface area contributed by atoms with Crippen molar-refractivity contribution in [2.45, 2.75) is 51.7 Å². The van der Waals surface area contributed by atoms with E-state index in [1.54, 1.807) is 13.8 Å². The van der Waals surface area contributed by atoms with Crippen LogP contribution >= 0.6 is 11.8 Å². The number of carbonyl (C=O) groups excluding carboxylic acids is 5. The van der Waals surface area contributed by atoms with Crippen LogP contribution in [-0.2, 0) is 39.9 Å². The summed E-state index contributed by atoms with van der Waals surface area (Å²) in [5.74, 6) is -2.83. The van der Waals surface area contributed by atoms with E-state index in [0.29, 0.717) is 11.3 Å². The van der Waals surface area contributed by atoms with Crippen molar-refractivity contribution < 1.29 is 43.7 Å². The molecule has 13 heteroatoms. The molecule has 1 aliphatic rings. The number of cyclic esters (lactones) is 1. The average molecular weight is 540 g/mol. The summed E-state index contributed by atoms with van der Waals surface area (Å²) in [6, 6.07) is 2.93. The molecule has 2 atom stereocenters. The number of benzene rings is 1. The van der Waals surface area contributed by atoms with Crippen LogP contribution < -0.4 is 16.4 Å². The number of hydrogen-bond donors (Lipinski definition) is 5. The number of rotatable bonds is 6. The minimum absolute atomic E-state index is 0.00892. The molecule has 0 aromatic heterocycles. The number of thioether (sulfide) groups is 1. The summed E-state index contributed by atoms with van der Waals surface area (Å²) >= 11 is 0.995. The molecular formula is C24H33N3O9S. The summed E-state index contributed by atoms with van der Waals surface area (Å²) in [4.78, 5) is 61.7. The number of nitrogens with one attached hydrogen (secondary N) is 2. The smallest absolute Gasteiger partial charge is 0.323 e. The van der Waals surface area contributed by atoms with Gasteiger partial charge in [-0.3, -0.25) is 24.0 Å². The molecule has 204 valence electrons. The van der Waals surface area contributed by atoms with Gasteiger partial charge in [0.15, 0.2) is 22.7 Å². The number of amides is 2. The van der Waals surface area contributed by atoms with Crippen molar-refractivity contribution in [1.82, 2.24) is 10.6 Å². The molecule has 0 aliphatic carbocycles. The van der Waals surface area contributed by atoms with Crippen LogP contribution in [0.2, 0.25) is 0 Å². The van der Waals surface area contributed by atoms with E-state index in [1.807, 2.05) is 0 Å². The van der Waals surface area contributed by atoms with E-state index >= 15 is 0 Å². The largest absolute Gasteiger partial charge is 0.504 e. The zero-order valence-electron chi connectivity index (χ0n) is 20.8. The average Bonchev–Trinajstić information content (AvgIpc) is 2.84. The van der Waals surface area contributed by atoms with Gasteiger partial charge in [-0.05, 0) is 24.1 Å². The van der Waals surface area contributed by atoms with E-state index in [1.165, 1.54) is 18.2 Å². The van der Waals surface area contributed by atoms with Crippen LogP contribution in [0.25, 0.3) is 0 Å². The molecule has 0 bridgehead atoms. The second kappa shape index (κ2) is 13.8. The molecule has 0 radical (unpaired) electrons. The Kier molecular flexibility index (Phi) is 11.2. The van der Waals surface area contributed by atoms with Crippen molar-refractivity contribution in [2.75, 3.05) is 25.4 Å². The molecule has 6 N–H and O–H groups in total. The summed E-state index contributed by atoms with van der Waals surface area (Å²) < 4.78 is 10.7. The number of nitrogens with two attached hydrogens (primary N) is 1. The predicted molar refractivity (Wildman–Crippen MR) is 133 cm³/mol. The summed E-state index contributed by atoms with van der Waals surface area (Å²) in [5.41, 5.74) is 5.22. The van der Waals surface area contributed by atoms with Crippen LogP contribution in [0.4, 0.5) is 0 Å². The van der Waals surface area contributed by atoms with E-state index in [0.717, 1.165) is 11.8 Å². The summed E-state index contributed by atoms with van der Waals surface area (Å²) in [6.45, 7) is 3.06. The van der Waals surface area contributed by atoms with Crippen molar-refractivity contribution in [1.29, 1.82) is 0 Å². The highest BCUT2D eigenvalue weighted by Gasteiger charge is 2.40. The zero-order chi connectivity index (χ0) is 27.6. The summed E-state index contributed by atoms with van der Waals surface area (Å²) in [7, 11) is 0. The van der Waals surface area contributed by atoms with Crippen LogP contribution in [0.5, 0.6) is 11.5 Å². The van der Waals surface area contributed by atoms with Crippen molar-refractivity contribution in [2.24, 2.45) is 11.1 Å². The number of phenols is 2. The molecule has 1 saturated heterocycles. The van der Waals surface area contributed by atoms with E-state index in [2.05, 4.69) is 10.6 Å². The highest BCUT2D eigenvalue weighted by atomic mass is 32.2. The molecule has 0 spiro atoms. The second-order valence-electron chi connectivity index (χ2n) is 9.21. The molecule has 1 aliphatic heterocycles. The van der Waals surface area contributed by atoms with Gasteiger partial charge in [0.05, 0.1) is 6.42 Å². The first-order chi connectivity index (χ1) is 17.4. The van der Waals surface area contributed by atoms with E-state index < -0.39 is 35.4 Å². The van der Waals surface area contributed by atoms with Crippen LogP contribution in [0.15, 0.2) is 18.2 Å². The van der Waals surface area contributed by atoms with Gasteiger partial charge in [0.25, 0.3) is 5.91 Å². The molecule has 0 unspecified atom stereocenters. The third-order valence-corrected chi connectivity index (χ3v) is 6.39. The zero-order valence-corrected chi connectivity index (χ0v) is 21.6. The lowest BCUT2D eigenvalue weighted by Gasteiger charge is -2.32. The third-order valence-electron chi connectivity index (χ3n) is 5.45. The number of esters is 2. The van der Waals surface area contributed by atoms with Gasteiger partial charge < -0.3 is 36.1 Å². The minimum Gasteiger partial charge on any atom is -0.504 e. The van der Waals surface area contributed by atoms with Gasteiger partial charge in [-0.1, -0.05) is 31.7 Å². The molecule has 1 fully saturated rings. The maximum atomic E-state index is 12.9. The highest BCUT2D eigenvalue weighted by molar-refractivity contribution is 8.13. The molecule has 1 aromatic rings. The quantitative estimate of drug-likeness (QED) is 0.243. The normalized spacial score (nSPS) is 19.5. The van der Waals surface area contributed by atoms with E-state index in [9.17, 15) is 34.2 Å². The molecule has 1 aromatic carbocycles. The standard InChI is InChI=1S/C24H33N3O9S/c1-24(2,13-35-23(34)15(25)11-14-3-4-16(28)17(29)12-14)21-22(33)27-8-7-18(30)26-9-10-37-20(32)6-5-19(31)36-21/h3-4,12,15,21,28-29H,5-11,13,25H2,1-2H3,(H,26,30)(H,27,33)/t15-,21-/m0/s1. The van der Waals surface area contributed by atoms with Crippen LogP contribution in [-0.4, -0.2) is 76.7 Å². The molecule has 37 heavy (non-hydrogen) atoms. The summed E-state index contributed by atoms with van der Waals surface area (Å²) in [6.07, 6.45) is -1.71.